The van der Waals surface area contributed by atoms with E-state index in [1.807, 2.05) is 6.92 Å². The number of nitrogens with one attached hydrogen (secondary N) is 1. The van der Waals surface area contributed by atoms with Crippen molar-refractivity contribution < 1.29 is 0 Å². The molecule has 0 amide bonds. The van der Waals surface area contributed by atoms with E-state index in [9.17, 15) is 0 Å². The van der Waals surface area contributed by atoms with Gasteiger partial charge in [0.05, 0.1) is 5.52 Å². The van der Waals surface area contributed by atoms with E-state index >= 15 is 0 Å². The number of fused-ring (bicyclic) bond motifs is 4. The number of benzene rings is 1. The Morgan fingerprint density at radius 2 is 2.05 bits per heavy atom. The SMILES string of the molecule is Cc1ccc2cc(CNC3CN4CCC3CC4)ccc2n1. The lowest BCUT2D eigenvalue weighted by Crippen LogP contribution is -2.55. The van der Waals surface area contributed by atoms with Gasteiger partial charge in [-0.1, -0.05) is 12.1 Å². The van der Waals surface area contributed by atoms with E-state index in [0.29, 0.717) is 6.04 Å². The first-order chi connectivity index (χ1) is 10.3. The summed E-state index contributed by atoms with van der Waals surface area (Å²) in [5.41, 5.74) is 3.55. The second-order valence-corrected chi connectivity index (χ2v) is 6.61. The van der Waals surface area contributed by atoms with E-state index in [2.05, 4.69) is 45.5 Å². The molecule has 21 heavy (non-hydrogen) atoms. The predicted molar refractivity (Wildman–Crippen MR) is 86.3 cm³/mol. The minimum Gasteiger partial charge on any atom is -0.308 e. The fourth-order valence-electron chi connectivity index (χ4n) is 3.83. The van der Waals surface area contributed by atoms with E-state index in [1.54, 1.807) is 0 Å². The third kappa shape index (κ3) is 2.68. The molecule has 3 fully saturated rings. The van der Waals surface area contributed by atoms with Crippen molar-refractivity contribution in [1.82, 2.24) is 15.2 Å². The van der Waals surface area contributed by atoms with Crippen molar-refractivity contribution in [2.75, 3.05) is 19.6 Å². The molecular weight excluding hydrogens is 258 g/mol. The maximum absolute atomic E-state index is 4.57. The molecule has 3 nitrogen and oxygen atoms in total. The Labute approximate surface area is 126 Å². The first kappa shape index (κ1) is 13.2. The first-order valence-electron chi connectivity index (χ1n) is 8.10. The van der Waals surface area contributed by atoms with Gasteiger partial charge in [-0.25, -0.2) is 0 Å². The molecule has 3 heteroatoms. The molecule has 3 aliphatic rings. The molecule has 0 spiro atoms. The van der Waals surface area contributed by atoms with Crippen LogP contribution in [0, 0.1) is 12.8 Å². The number of piperidine rings is 3. The number of aryl methyl sites for hydroxylation is 1. The fraction of sp³-hybridized carbons (Fsp3) is 0.500. The summed E-state index contributed by atoms with van der Waals surface area (Å²) < 4.78 is 0. The van der Waals surface area contributed by atoms with Gasteiger partial charge in [0.25, 0.3) is 0 Å². The summed E-state index contributed by atoms with van der Waals surface area (Å²) in [6.07, 6.45) is 2.75. The molecule has 3 aliphatic heterocycles. The average molecular weight is 281 g/mol. The zero-order valence-corrected chi connectivity index (χ0v) is 12.7. The monoisotopic (exact) mass is 281 g/mol. The van der Waals surface area contributed by atoms with Gasteiger partial charge in [0, 0.05) is 30.2 Å². The summed E-state index contributed by atoms with van der Waals surface area (Å²) >= 11 is 0. The van der Waals surface area contributed by atoms with Crippen LogP contribution in [0.2, 0.25) is 0 Å². The maximum Gasteiger partial charge on any atom is 0.0705 e. The number of pyridine rings is 1. The van der Waals surface area contributed by atoms with Gasteiger partial charge in [-0.15, -0.1) is 0 Å². The highest BCUT2D eigenvalue weighted by Gasteiger charge is 2.33. The fourth-order valence-corrected chi connectivity index (χ4v) is 3.83. The van der Waals surface area contributed by atoms with Crippen LogP contribution < -0.4 is 5.32 Å². The minimum absolute atomic E-state index is 0.680. The Kier molecular flexibility index (Phi) is 3.40. The molecule has 110 valence electrons. The van der Waals surface area contributed by atoms with E-state index in [0.717, 1.165) is 23.7 Å². The topological polar surface area (TPSA) is 28.2 Å². The highest BCUT2D eigenvalue weighted by Crippen LogP contribution is 2.27. The second kappa shape index (κ2) is 5.39. The van der Waals surface area contributed by atoms with Gasteiger partial charge < -0.3 is 10.2 Å². The maximum atomic E-state index is 4.57. The first-order valence-corrected chi connectivity index (χ1v) is 8.10. The van der Waals surface area contributed by atoms with Crippen molar-refractivity contribution in [3.8, 4) is 0 Å². The third-order valence-electron chi connectivity index (χ3n) is 5.12. The summed E-state index contributed by atoms with van der Waals surface area (Å²) in [6, 6.07) is 11.6. The lowest BCUT2D eigenvalue weighted by atomic mass is 9.84. The Balaban J connectivity index is 1.46. The molecule has 1 aromatic carbocycles. The van der Waals surface area contributed by atoms with E-state index < -0.39 is 0 Å². The molecule has 1 atom stereocenters. The molecule has 0 radical (unpaired) electrons. The van der Waals surface area contributed by atoms with Crippen LogP contribution in [0.15, 0.2) is 30.3 Å². The van der Waals surface area contributed by atoms with Gasteiger partial charge in [0.2, 0.25) is 0 Å². The van der Waals surface area contributed by atoms with Crippen LogP contribution in [0.5, 0.6) is 0 Å². The third-order valence-corrected chi connectivity index (χ3v) is 5.12. The van der Waals surface area contributed by atoms with Gasteiger partial charge in [-0.2, -0.15) is 0 Å². The zero-order valence-electron chi connectivity index (χ0n) is 12.7. The van der Waals surface area contributed by atoms with Crippen LogP contribution in [0.3, 0.4) is 0 Å². The normalized spacial score (nSPS) is 28.1. The Morgan fingerprint density at radius 3 is 2.81 bits per heavy atom. The largest absolute Gasteiger partial charge is 0.308 e. The number of hydrogen-bond donors (Lipinski definition) is 1. The molecule has 1 aromatic heterocycles. The molecule has 4 heterocycles. The van der Waals surface area contributed by atoms with Gasteiger partial charge >= 0.3 is 0 Å². The average Bonchev–Trinajstić information content (AvgIpc) is 2.54. The molecular formula is C18H23N3. The van der Waals surface area contributed by atoms with Crippen molar-refractivity contribution in [3.05, 3.63) is 41.6 Å². The number of rotatable bonds is 3. The molecule has 0 saturated carbocycles. The second-order valence-electron chi connectivity index (χ2n) is 6.61. The van der Waals surface area contributed by atoms with E-state index in [1.165, 1.54) is 43.4 Å². The lowest BCUT2D eigenvalue weighted by Gasteiger charge is -2.45. The van der Waals surface area contributed by atoms with Gasteiger partial charge in [0.1, 0.15) is 0 Å². The molecule has 1 unspecified atom stereocenters. The summed E-state index contributed by atoms with van der Waals surface area (Å²) in [6.45, 7) is 6.87. The van der Waals surface area contributed by atoms with E-state index in [-0.39, 0.29) is 0 Å². The highest BCUT2D eigenvalue weighted by molar-refractivity contribution is 5.79. The molecule has 3 saturated heterocycles. The van der Waals surface area contributed by atoms with Crippen molar-refractivity contribution in [3.63, 3.8) is 0 Å². The van der Waals surface area contributed by atoms with Gasteiger partial charge in [0.15, 0.2) is 0 Å². The van der Waals surface area contributed by atoms with Crippen LogP contribution >= 0.6 is 0 Å². The Morgan fingerprint density at radius 1 is 1.19 bits per heavy atom. The van der Waals surface area contributed by atoms with Crippen LogP contribution in [-0.2, 0) is 6.54 Å². The Bertz CT molecular complexity index is 644. The summed E-state index contributed by atoms with van der Waals surface area (Å²) in [4.78, 5) is 7.17. The van der Waals surface area contributed by atoms with Crippen LogP contribution in [0.1, 0.15) is 24.1 Å². The molecule has 0 aliphatic carbocycles. The number of nitrogens with zero attached hydrogens (tertiary/aromatic N) is 2. The van der Waals surface area contributed by atoms with Crippen molar-refractivity contribution >= 4 is 10.9 Å². The standard InChI is InChI=1S/C18H23N3/c1-13-2-4-16-10-14(3-5-17(16)20-13)11-19-18-12-21-8-6-15(18)7-9-21/h2-5,10,15,18-19H,6-9,11-12H2,1H3. The summed E-state index contributed by atoms with van der Waals surface area (Å²) in [5, 5.41) is 5.03. The predicted octanol–water partition coefficient (Wildman–Crippen LogP) is 2.73. The summed E-state index contributed by atoms with van der Waals surface area (Å²) in [7, 11) is 0. The Hall–Kier alpha value is -1.45. The molecule has 2 aromatic rings. The minimum atomic E-state index is 0.680. The molecule has 1 N–H and O–H groups in total. The number of hydrogen-bond acceptors (Lipinski definition) is 3. The molecule has 5 rings (SSSR count). The van der Waals surface area contributed by atoms with Gasteiger partial charge in [-0.05, 0) is 62.5 Å². The smallest absolute Gasteiger partial charge is 0.0705 e. The van der Waals surface area contributed by atoms with Crippen LogP contribution in [0.4, 0.5) is 0 Å². The van der Waals surface area contributed by atoms with Crippen molar-refractivity contribution in [2.45, 2.75) is 32.4 Å². The lowest BCUT2D eigenvalue weighted by molar-refractivity contribution is 0.0720. The van der Waals surface area contributed by atoms with Gasteiger partial charge in [-0.3, -0.25) is 4.98 Å². The highest BCUT2D eigenvalue weighted by atomic mass is 15.2. The zero-order chi connectivity index (χ0) is 14.2. The van der Waals surface area contributed by atoms with Crippen LogP contribution in [-0.4, -0.2) is 35.6 Å². The quantitative estimate of drug-likeness (QED) is 0.937. The molecule has 2 bridgehead atoms. The van der Waals surface area contributed by atoms with E-state index in [4.69, 9.17) is 0 Å². The van der Waals surface area contributed by atoms with Crippen molar-refractivity contribution in [2.24, 2.45) is 5.92 Å². The van der Waals surface area contributed by atoms with Crippen molar-refractivity contribution in [1.29, 1.82) is 0 Å². The van der Waals surface area contributed by atoms with Crippen LogP contribution in [0.25, 0.3) is 10.9 Å². The number of aromatic nitrogens is 1. The summed E-state index contributed by atoms with van der Waals surface area (Å²) in [5.74, 6) is 0.889.